The van der Waals surface area contributed by atoms with Gasteiger partial charge in [0.25, 0.3) is 5.91 Å². The van der Waals surface area contributed by atoms with Gasteiger partial charge in [-0.25, -0.2) is 9.48 Å². The van der Waals surface area contributed by atoms with Crippen molar-refractivity contribution in [1.82, 2.24) is 30.4 Å². The fourth-order valence-corrected chi connectivity index (χ4v) is 2.82. The maximum absolute atomic E-state index is 12.9. The molecule has 2 aromatic rings. The van der Waals surface area contributed by atoms with Crippen molar-refractivity contribution in [2.75, 3.05) is 7.11 Å². The fourth-order valence-electron chi connectivity index (χ4n) is 2.82. The number of amides is 3. The maximum atomic E-state index is 12.9. The lowest BCUT2D eigenvalue weighted by Gasteiger charge is -2.22. The van der Waals surface area contributed by atoms with Gasteiger partial charge >= 0.3 is 6.03 Å². The number of rotatable bonds is 6. The van der Waals surface area contributed by atoms with Crippen LogP contribution in [0.15, 0.2) is 24.3 Å². The summed E-state index contributed by atoms with van der Waals surface area (Å²) in [7, 11) is 1.57. The number of ether oxygens (including phenoxy) is 1. The molecular weight excluding hydrogens is 324 g/mol. The molecule has 1 aromatic carbocycles. The smallest absolute Gasteiger partial charge is 0.325 e. The Morgan fingerprint density at radius 3 is 2.60 bits per heavy atom. The summed E-state index contributed by atoms with van der Waals surface area (Å²) in [6.45, 7) is 4.34. The van der Waals surface area contributed by atoms with Crippen molar-refractivity contribution >= 4 is 11.9 Å². The van der Waals surface area contributed by atoms with Gasteiger partial charge in [-0.05, 0) is 41.5 Å². The van der Waals surface area contributed by atoms with Gasteiger partial charge < -0.3 is 10.1 Å². The van der Waals surface area contributed by atoms with Gasteiger partial charge in [-0.1, -0.05) is 19.1 Å². The Bertz CT molecular complexity index is 787. The van der Waals surface area contributed by atoms with Crippen molar-refractivity contribution in [3.05, 3.63) is 35.7 Å². The van der Waals surface area contributed by atoms with E-state index < -0.39 is 11.6 Å². The van der Waals surface area contributed by atoms with Gasteiger partial charge in [0.1, 0.15) is 11.3 Å². The van der Waals surface area contributed by atoms with Crippen LogP contribution < -0.4 is 10.1 Å². The highest BCUT2D eigenvalue weighted by Crippen LogP contribution is 2.30. The number of nitrogens with one attached hydrogen (secondary N) is 1. The summed E-state index contributed by atoms with van der Waals surface area (Å²) in [6, 6.07) is 6.58. The van der Waals surface area contributed by atoms with E-state index in [1.807, 2.05) is 6.92 Å². The number of carbonyl (C=O) groups excluding carboxylic acids is 2. The molecule has 25 heavy (non-hydrogen) atoms. The molecule has 1 aromatic heterocycles. The zero-order chi connectivity index (χ0) is 18.0. The summed E-state index contributed by atoms with van der Waals surface area (Å²) in [5, 5.41) is 14.2. The lowest BCUT2D eigenvalue weighted by molar-refractivity contribution is -0.131. The molecule has 1 fully saturated rings. The van der Waals surface area contributed by atoms with Crippen molar-refractivity contribution in [2.45, 2.75) is 38.9 Å². The molecule has 3 amide bonds. The van der Waals surface area contributed by atoms with E-state index in [1.54, 1.807) is 43.0 Å². The van der Waals surface area contributed by atoms with Crippen LogP contribution in [0.4, 0.5) is 4.79 Å². The highest BCUT2D eigenvalue weighted by Gasteiger charge is 2.49. The predicted molar refractivity (Wildman–Crippen MR) is 87.5 cm³/mol. The SMILES string of the molecule is CCCn1nnnc1CN1C(=O)N[C@@](C)(c2ccc(OC)cc2)C1=O. The van der Waals surface area contributed by atoms with E-state index in [9.17, 15) is 9.59 Å². The second-order valence-corrected chi connectivity index (χ2v) is 5.99. The Balaban J connectivity index is 1.84. The van der Waals surface area contributed by atoms with Gasteiger partial charge in [-0.15, -0.1) is 5.10 Å². The zero-order valence-corrected chi connectivity index (χ0v) is 14.4. The first-order chi connectivity index (χ1) is 12.0. The van der Waals surface area contributed by atoms with Gasteiger partial charge in [0.15, 0.2) is 5.82 Å². The lowest BCUT2D eigenvalue weighted by atomic mass is 9.92. The summed E-state index contributed by atoms with van der Waals surface area (Å²) in [5.74, 6) is 0.817. The number of nitrogens with zero attached hydrogens (tertiary/aromatic N) is 5. The molecule has 0 spiro atoms. The van der Waals surface area contributed by atoms with Gasteiger partial charge in [0.2, 0.25) is 0 Å². The van der Waals surface area contributed by atoms with E-state index in [1.165, 1.54) is 0 Å². The fraction of sp³-hybridized carbons (Fsp3) is 0.438. The number of urea groups is 1. The molecule has 1 atom stereocenters. The molecule has 0 aliphatic carbocycles. The van der Waals surface area contributed by atoms with Crippen LogP contribution in [-0.4, -0.2) is 44.2 Å². The van der Waals surface area contributed by atoms with Crippen LogP contribution in [0, 0.1) is 0 Å². The Hall–Kier alpha value is -2.97. The van der Waals surface area contributed by atoms with Gasteiger partial charge in [0.05, 0.1) is 13.7 Å². The summed E-state index contributed by atoms with van der Waals surface area (Å²) in [4.78, 5) is 26.4. The molecule has 3 rings (SSSR count). The number of methoxy groups -OCH3 is 1. The monoisotopic (exact) mass is 344 g/mol. The number of aromatic nitrogens is 4. The van der Waals surface area contributed by atoms with Gasteiger partial charge in [-0.2, -0.15) is 0 Å². The topological polar surface area (TPSA) is 102 Å². The molecule has 2 heterocycles. The summed E-state index contributed by atoms with van der Waals surface area (Å²) >= 11 is 0. The van der Waals surface area contributed by atoms with Crippen molar-refractivity contribution in [2.24, 2.45) is 0 Å². The van der Waals surface area contributed by atoms with Crippen LogP contribution in [0.2, 0.25) is 0 Å². The second kappa shape index (κ2) is 6.50. The van der Waals surface area contributed by atoms with Crippen LogP contribution in [0.3, 0.4) is 0 Å². The van der Waals surface area contributed by atoms with E-state index in [-0.39, 0.29) is 12.5 Å². The Morgan fingerprint density at radius 1 is 1.24 bits per heavy atom. The minimum absolute atomic E-state index is 0.0312. The first-order valence-electron chi connectivity index (χ1n) is 8.03. The molecule has 1 N–H and O–H groups in total. The zero-order valence-electron chi connectivity index (χ0n) is 14.4. The van der Waals surface area contributed by atoms with Crippen molar-refractivity contribution in [3.8, 4) is 5.75 Å². The normalized spacial score (nSPS) is 20.0. The average molecular weight is 344 g/mol. The molecule has 132 valence electrons. The summed E-state index contributed by atoms with van der Waals surface area (Å²) in [6.07, 6.45) is 0.849. The van der Waals surface area contributed by atoms with Crippen LogP contribution >= 0.6 is 0 Å². The standard InChI is InChI=1S/C16H20N6O3/c1-4-9-22-13(18-19-20-22)10-21-14(23)16(2,17-15(21)24)11-5-7-12(25-3)8-6-11/h5-8H,4,9-10H2,1-3H3,(H,17,24)/t16-/m0/s1. The van der Waals surface area contributed by atoms with E-state index in [0.29, 0.717) is 23.7 Å². The van der Waals surface area contributed by atoms with E-state index in [2.05, 4.69) is 20.8 Å². The molecule has 1 saturated heterocycles. The molecule has 0 unspecified atom stereocenters. The third-order valence-electron chi connectivity index (χ3n) is 4.28. The van der Waals surface area contributed by atoms with Gasteiger partial charge in [0, 0.05) is 6.54 Å². The molecule has 1 aliphatic rings. The number of benzene rings is 1. The number of aryl methyl sites for hydroxylation is 1. The predicted octanol–water partition coefficient (Wildman–Crippen LogP) is 1.06. The second-order valence-electron chi connectivity index (χ2n) is 5.99. The molecule has 0 saturated carbocycles. The Labute approximate surface area is 144 Å². The van der Waals surface area contributed by atoms with Crippen molar-refractivity contribution < 1.29 is 14.3 Å². The Kier molecular flexibility index (Phi) is 4.39. The third-order valence-corrected chi connectivity index (χ3v) is 4.28. The first kappa shape index (κ1) is 16.9. The van der Waals surface area contributed by atoms with Crippen molar-refractivity contribution in [3.63, 3.8) is 0 Å². The molecular formula is C16H20N6O3. The Morgan fingerprint density at radius 2 is 1.96 bits per heavy atom. The number of carbonyl (C=O) groups is 2. The quantitative estimate of drug-likeness (QED) is 0.786. The van der Waals surface area contributed by atoms with Crippen molar-refractivity contribution in [1.29, 1.82) is 0 Å². The van der Waals surface area contributed by atoms with Crippen LogP contribution in [-0.2, 0) is 23.4 Å². The minimum Gasteiger partial charge on any atom is -0.497 e. The maximum Gasteiger partial charge on any atom is 0.325 e. The van der Waals surface area contributed by atoms with E-state index in [4.69, 9.17) is 4.74 Å². The van der Waals surface area contributed by atoms with Crippen LogP contribution in [0.1, 0.15) is 31.7 Å². The van der Waals surface area contributed by atoms with Gasteiger partial charge in [-0.3, -0.25) is 9.69 Å². The molecule has 0 bridgehead atoms. The summed E-state index contributed by atoms with van der Waals surface area (Å²) in [5.41, 5.74) is -0.450. The average Bonchev–Trinajstić information content (AvgIpc) is 3.14. The molecule has 9 heteroatoms. The first-order valence-corrected chi connectivity index (χ1v) is 8.03. The van der Waals surface area contributed by atoms with E-state index >= 15 is 0 Å². The lowest BCUT2D eigenvalue weighted by Crippen LogP contribution is -2.40. The molecule has 1 aliphatic heterocycles. The highest BCUT2D eigenvalue weighted by molar-refractivity contribution is 6.07. The number of hydrogen-bond donors (Lipinski definition) is 1. The number of hydrogen-bond acceptors (Lipinski definition) is 6. The van der Waals surface area contributed by atoms with Crippen LogP contribution in [0.5, 0.6) is 5.75 Å². The molecule has 0 radical (unpaired) electrons. The minimum atomic E-state index is -1.13. The number of imide groups is 1. The summed E-state index contributed by atoms with van der Waals surface area (Å²) < 4.78 is 6.73. The molecule has 9 nitrogen and oxygen atoms in total. The van der Waals surface area contributed by atoms with Crippen LogP contribution in [0.25, 0.3) is 0 Å². The third kappa shape index (κ3) is 2.92. The highest BCUT2D eigenvalue weighted by atomic mass is 16.5. The van der Waals surface area contributed by atoms with E-state index in [0.717, 1.165) is 11.3 Å². The largest absolute Gasteiger partial charge is 0.497 e. The number of tetrazole rings is 1.